The number of piperidine rings is 1. The van der Waals surface area contributed by atoms with Crippen LogP contribution >= 0.6 is 0 Å². The number of likely N-dealkylation sites (tertiary alicyclic amines) is 1. The Bertz CT molecular complexity index is 991. The van der Waals surface area contributed by atoms with Crippen molar-refractivity contribution in [2.24, 2.45) is 0 Å². The average Bonchev–Trinajstić information content (AvgIpc) is 3.00. The molecule has 4 rings (SSSR count). The van der Waals surface area contributed by atoms with E-state index in [-0.39, 0.29) is 17.5 Å². The molecule has 1 fully saturated rings. The number of ether oxygens (including phenoxy) is 1. The summed E-state index contributed by atoms with van der Waals surface area (Å²) in [7, 11) is 0. The Balaban J connectivity index is 1.54. The van der Waals surface area contributed by atoms with Gasteiger partial charge in [0.25, 0.3) is 0 Å². The molecule has 0 amide bonds. The van der Waals surface area contributed by atoms with Gasteiger partial charge in [0.15, 0.2) is 17.1 Å². The molecular weight excluding hydrogens is 344 g/mol. The van der Waals surface area contributed by atoms with E-state index in [2.05, 4.69) is 4.90 Å². The van der Waals surface area contributed by atoms with E-state index in [9.17, 15) is 9.90 Å². The van der Waals surface area contributed by atoms with Crippen LogP contribution in [0.25, 0.3) is 11.1 Å². The molecule has 6 heteroatoms. The van der Waals surface area contributed by atoms with Gasteiger partial charge in [-0.1, -0.05) is 18.2 Å². The molecular formula is C21H24N2O4. The largest absolute Gasteiger partial charge is 0.504 e. The van der Waals surface area contributed by atoms with E-state index < -0.39 is 0 Å². The first-order valence-electron chi connectivity index (χ1n) is 9.43. The molecule has 1 atom stereocenters. The molecule has 1 saturated heterocycles. The average molecular weight is 368 g/mol. The van der Waals surface area contributed by atoms with Gasteiger partial charge in [0.05, 0.1) is 18.2 Å². The zero-order valence-corrected chi connectivity index (χ0v) is 15.4. The lowest BCUT2D eigenvalue weighted by atomic mass is 10.0. The van der Waals surface area contributed by atoms with Gasteiger partial charge in [-0.05, 0) is 56.1 Å². The smallest absolute Gasteiger partial charge is 0.420 e. The molecule has 1 unspecified atom stereocenters. The lowest BCUT2D eigenvalue weighted by Gasteiger charge is -2.33. The fraction of sp³-hybridized carbons (Fsp3) is 0.381. The number of rotatable bonds is 5. The lowest BCUT2D eigenvalue weighted by Crippen LogP contribution is -2.38. The first-order chi connectivity index (χ1) is 13.2. The summed E-state index contributed by atoms with van der Waals surface area (Å²) in [6, 6.07) is 13.2. The highest BCUT2D eigenvalue weighted by Crippen LogP contribution is 2.29. The maximum atomic E-state index is 12.4. The SMILES string of the molecule is CCOc1cc(CN2CCCC(n3c(=O)oc4ccccc43)C2)ccc1O. The number of phenols is 1. The van der Waals surface area contributed by atoms with Crippen LogP contribution in [0.1, 0.15) is 31.4 Å². The molecule has 2 aromatic carbocycles. The van der Waals surface area contributed by atoms with Crippen molar-refractivity contribution >= 4 is 11.1 Å². The Labute approximate surface area is 157 Å². The third kappa shape index (κ3) is 3.57. The molecule has 142 valence electrons. The molecule has 3 aromatic rings. The van der Waals surface area contributed by atoms with Gasteiger partial charge in [-0.3, -0.25) is 9.47 Å². The summed E-state index contributed by atoms with van der Waals surface area (Å²) in [5.74, 6) is 0.389. The summed E-state index contributed by atoms with van der Waals surface area (Å²) < 4.78 is 12.7. The highest BCUT2D eigenvalue weighted by molar-refractivity contribution is 5.72. The number of hydrogen-bond donors (Lipinski definition) is 1. The summed E-state index contributed by atoms with van der Waals surface area (Å²) in [6.07, 6.45) is 1.98. The van der Waals surface area contributed by atoms with E-state index >= 15 is 0 Å². The number of para-hydroxylation sites is 2. The first-order valence-corrected chi connectivity index (χ1v) is 9.43. The maximum absolute atomic E-state index is 12.4. The van der Waals surface area contributed by atoms with Crippen molar-refractivity contribution in [3.05, 3.63) is 58.6 Å². The predicted octanol–water partition coefficient (Wildman–Crippen LogP) is 3.54. The van der Waals surface area contributed by atoms with Gasteiger partial charge in [0.2, 0.25) is 0 Å². The van der Waals surface area contributed by atoms with Crippen LogP contribution in [0.4, 0.5) is 0 Å². The second kappa shape index (κ2) is 7.48. The zero-order valence-electron chi connectivity index (χ0n) is 15.4. The van der Waals surface area contributed by atoms with Crippen LogP contribution in [-0.2, 0) is 6.54 Å². The molecule has 1 aliphatic rings. The molecule has 0 radical (unpaired) electrons. The van der Waals surface area contributed by atoms with E-state index in [1.54, 1.807) is 10.6 Å². The van der Waals surface area contributed by atoms with Crippen molar-refractivity contribution < 1.29 is 14.3 Å². The highest BCUT2D eigenvalue weighted by Gasteiger charge is 2.25. The van der Waals surface area contributed by atoms with Gasteiger partial charge in [-0.2, -0.15) is 0 Å². The second-order valence-corrected chi connectivity index (χ2v) is 6.97. The minimum absolute atomic E-state index is 0.0957. The summed E-state index contributed by atoms with van der Waals surface area (Å²) in [5.41, 5.74) is 2.58. The topological polar surface area (TPSA) is 67.8 Å². The van der Waals surface area contributed by atoms with Gasteiger partial charge >= 0.3 is 5.76 Å². The monoisotopic (exact) mass is 368 g/mol. The number of aromatic hydroxyl groups is 1. The number of phenolic OH excluding ortho intramolecular Hbond substituents is 1. The standard InChI is InChI=1S/C21H24N2O4/c1-2-26-20-12-15(9-10-18(20)24)13-22-11-5-6-16(14-22)23-17-7-3-4-8-19(17)27-21(23)25/h3-4,7-10,12,16,24H,2,5-6,11,13-14H2,1H3. The highest BCUT2D eigenvalue weighted by atomic mass is 16.5. The van der Waals surface area contributed by atoms with Gasteiger partial charge in [-0.15, -0.1) is 0 Å². The fourth-order valence-corrected chi connectivity index (χ4v) is 3.90. The maximum Gasteiger partial charge on any atom is 0.420 e. The summed E-state index contributed by atoms with van der Waals surface area (Å²) in [5, 5.41) is 9.88. The first kappa shape index (κ1) is 17.7. The molecule has 27 heavy (non-hydrogen) atoms. The number of oxazole rings is 1. The molecule has 0 saturated carbocycles. The van der Waals surface area contributed by atoms with Crippen LogP contribution < -0.4 is 10.5 Å². The van der Waals surface area contributed by atoms with Crippen LogP contribution in [0.15, 0.2) is 51.7 Å². The van der Waals surface area contributed by atoms with Crippen molar-refractivity contribution in [3.63, 3.8) is 0 Å². The quantitative estimate of drug-likeness (QED) is 0.746. The molecule has 0 aliphatic carbocycles. The summed E-state index contributed by atoms with van der Waals surface area (Å²) >= 11 is 0. The molecule has 1 aromatic heterocycles. The molecule has 2 heterocycles. The number of benzene rings is 2. The number of aromatic nitrogens is 1. The van der Waals surface area contributed by atoms with Crippen LogP contribution in [0, 0.1) is 0 Å². The van der Waals surface area contributed by atoms with Crippen molar-refractivity contribution in [3.8, 4) is 11.5 Å². The van der Waals surface area contributed by atoms with Crippen molar-refractivity contribution in [2.75, 3.05) is 19.7 Å². The minimum atomic E-state index is -0.286. The van der Waals surface area contributed by atoms with Crippen molar-refractivity contribution in [1.29, 1.82) is 0 Å². The van der Waals surface area contributed by atoms with Crippen LogP contribution in [-0.4, -0.2) is 34.3 Å². The van der Waals surface area contributed by atoms with E-state index in [1.165, 1.54) is 0 Å². The van der Waals surface area contributed by atoms with E-state index in [0.717, 1.165) is 43.6 Å². The third-order valence-electron chi connectivity index (χ3n) is 5.09. The number of hydrogen-bond acceptors (Lipinski definition) is 5. The Kier molecular flexibility index (Phi) is 4.90. The molecule has 0 spiro atoms. The Morgan fingerprint density at radius 3 is 2.96 bits per heavy atom. The van der Waals surface area contributed by atoms with Crippen LogP contribution in [0.3, 0.4) is 0 Å². The Morgan fingerprint density at radius 1 is 1.26 bits per heavy atom. The summed E-state index contributed by atoms with van der Waals surface area (Å²) in [6.45, 7) is 4.93. The number of fused-ring (bicyclic) bond motifs is 1. The lowest BCUT2D eigenvalue weighted by molar-refractivity contribution is 0.167. The molecule has 1 aliphatic heterocycles. The third-order valence-corrected chi connectivity index (χ3v) is 5.09. The second-order valence-electron chi connectivity index (χ2n) is 6.97. The Morgan fingerprint density at radius 2 is 2.11 bits per heavy atom. The summed E-state index contributed by atoms with van der Waals surface area (Å²) in [4.78, 5) is 14.7. The van der Waals surface area contributed by atoms with Gasteiger partial charge in [0.1, 0.15) is 0 Å². The fourth-order valence-electron chi connectivity index (χ4n) is 3.90. The van der Waals surface area contributed by atoms with Crippen LogP contribution in [0.2, 0.25) is 0 Å². The Hall–Kier alpha value is -2.73. The van der Waals surface area contributed by atoms with Crippen molar-refractivity contribution in [1.82, 2.24) is 9.47 Å². The van der Waals surface area contributed by atoms with Gasteiger partial charge in [-0.25, -0.2) is 4.79 Å². The minimum Gasteiger partial charge on any atom is -0.504 e. The predicted molar refractivity (Wildman–Crippen MR) is 103 cm³/mol. The van der Waals surface area contributed by atoms with Crippen molar-refractivity contribution in [2.45, 2.75) is 32.4 Å². The van der Waals surface area contributed by atoms with E-state index in [0.29, 0.717) is 17.9 Å². The van der Waals surface area contributed by atoms with Gasteiger partial charge in [0, 0.05) is 13.1 Å². The van der Waals surface area contributed by atoms with Crippen LogP contribution in [0.5, 0.6) is 11.5 Å². The van der Waals surface area contributed by atoms with E-state index in [1.807, 2.05) is 43.3 Å². The zero-order chi connectivity index (χ0) is 18.8. The molecule has 6 nitrogen and oxygen atoms in total. The van der Waals surface area contributed by atoms with E-state index in [4.69, 9.17) is 9.15 Å². The molecule has 0 bridgehead atoms. The van der Waals surface area contributed by atoms with Gasteiger partial charge < -0.3 is 14.3 Å². The molecule has 1 N–H and O–H groups in total. The number of nitrogens with zero attached hydrogens (tertiary/aromatic N) is 2. The normalized spacial score (nSPS) is 18.0.